The molecule has 23 heavy (non-hydrogen) atoms. The molecule has 0 aliphatic carbocycles. The molecule has 2 aromatic carbocycles. The number of hydrogen-bond donors (Lipinski definition) is 0. The van der Waals surface area contributed by atoms with Crippen molar-refractivity contribution in [1.82, 2.24) is 4.90 Å². The van der Waals surface area contributed by atoms with E-state index in [1.165, 1.54) is 0 Å². The average Bonchev–Trinajstić information content (AvgIpc) is 2.52. The molecule has 0 aromatic heterocycles. The molecule has 1 amide bonds. The summed E-state index contributed by atoms with van der Waals surface area (Å²) >= 11 is 5.88. The van der Waals surface area contributed by atoms with Crippen LogP contribution in [-0.2, 0) is 11.3 Å². The van der Waals surface area contributed by atoms with Crippen LogP contribution in [0, 0.1) is 13.8 Å². The predicted octanol–water partition coefficient (Wildman–Crippen LogP) is 4.38. The van der Waals surface area contributed by atoms with Crippen LogP contribution in [-0.4, -0.2) is 24.0 Å². The van der Waals surface area contributed by atoms with Gasteiger partial charge in [-0.3, -0.25) is 4.79 Å². The lowest BCUT2D eigenvalue weighted by molar-refractivity contribution is -0.137. The second-order valence-electron chi connectivity index (χ2n) is 5.85. The normalized spacial score (nSPS) is 11.9. The van der Waals surface area contributed by atoms with Gasteiger partial charge in [0.05, 0.1) is 0 Å². The van der Waals surface area contributed by atoms with Crippen LogP contribution in [0.5, 0.6) is 5.75 Å². The Morgan fingerprint density at radius 2 is 1.83 bits per heavy atom. The highest BCUT2D eigenvalue weighted by atomic mass is 35.5. The van der Waals surface area contributed by atoms with Gasteiger partial charge >= 0.3 is 0 Å². The summed E-state index contributed by atoms with van der Waals surface area (Å²) in [6, 6.07) is 13.5. The van der Waals surface area contributed by atoms with Gasteiger partial charge in [0.1, 0.15) is 5.75 Å². The van der Waals surface area contributed by atoms with Crippen molar-refractivity contribution in [1.29, 1.82) is 0 Å². The van der Waals surface area contributed by atoms with Gasteiger partial charge < -0.3 is 9.64 Å². The predicted molar refractivity (Wildman–Crippen MR) is 93.9 cm³/mol. The maximum Gasteiger partial charge on any atom is 0.263 e. The first-order chi connectivity index (χ1) is 10.9. The first kappa shape index (κ1) is 17.4. The van der Waals surface area contributed by atoms with Gasteiger partial charge in [0.15, 0.2) is 6.10 Å². The highest BCUT2D eigenvalue weighted by Gasteiger charge is 2.20. The van der Waals surface area contributed by atoms with E-state index in [4.69, 9.17) is 16.3 Å². The second kappa shape index (κ2) is 7.51. The van der Waals surface area contributed by atoms with Gasteiger partial charge in [-0.15, -0.1) is 0 Å². The molecule has 2 aromatic rings. The number of rotatable bonds is 5. The van der Waals surface area contributed by atoms with Gasteiger partial charge in [0.2, 0.25) is 0 Å². The minimum atomic E-state index is -0.534. The van der Waals surface area contributed by atoms with Crippen molar-refractivity contribution >= 4 is 17.5 Å². The van der Waals surface area contributed by atoms with E-state index in [-0.39, 0.29) is 5.91 Å². The van der Waals surface area contributed by atoms with E-state index in [1.54, 1.807) is 18.9 Å². The molecule has 3 nitrogen and oxygen atoms in total. The molecule has 0 N–H and O–H groups in total. The lowest BCUT2D eigenvalue weighted by Crippen LogP contribution is -2.37. The topological polar surface area (TPSA) is 29.5 Å². The van der Waals surface area contributed by atoms with Gasteiger partial charge in [-0.25, -0.2) is 0 Å². The van der Waals surface area contributed by atoms with Crippen molar-refractivity contribution in [3.8, 4) is 5.75 Å². The summed E-state index contributed by atoms with van der Waals surface area (Å²) in [6.45, 7) is 6.29. The number of carbonyl (C=O) groups is 1. The first-order valence-corrected chi connectivity index (χ1v) is 7.98. The number of benzene rings is 2. The van der Waals surface area contributed by atoms with Crippen LogP contribution in [0.3, 0.4) is 0 Å². The van der Waals surface area contributed by atoms with E-state index in [1.807, 2.05) is 56.3 Å². The Hall–Kier alpha value is -2.00. The monoisotopic (exact) mass is 331 g/mol. The zero-order valence-electron chi connectivity index (χ0n) is 14.0. The zero-order valence-corrected chi connectivity index (χ0v) is 14.7. The van der Waals surface area contributed by atoms with Crippen LogP contribution < -0.4 is 4.74 Å². The Morgan fingerprint density at radius 1 is 1.17 bits per heavy atom. The number of halogens is 1. The molecule has 0 radical (unpaired) electrons. The van der Waals surface area contributed by atoms with E-state index in [0.29, 0.717) is 11.6 Å². The van der Waals surface area contributed by atoms with Crippen LogP contribution in [0.1, 0.15) is 23.6 Å². The number of ether oxygens (including phenoxy) is 1. The number of carbonyl (C=O) groups excluding carboxylic acids is 1. The number of likely N-dealkylation sites (N-methyl/N-ethyl adjacent to an activating group) is 1. The molecule has 0 unspecified atom stereocenters. The standard InChI is InChI=1S/C19H22ClNO2/c1-13-5-6-14(2)18(11-13)23-15(3)19(22)21(4)12-16-7-9-17(20)10-8-16/h5-11,15H,12H2,1-4H3/t15-/m0/s1. The Labute approximate surface area is 142 Å². The lowest BCUT2D eigenvalue weighted by Gasteiger charge is -2.23. The van der Waals surface area contributed by atoms with Gasteiger partial charge in [0, 0.05) is 18.6 Å². The molecule has 0 bridgehead atoms. The van der Waals surface area contributed by atoms with Crippen molar-refractivity contribution in [3.63, 3.8) is 0 Å². The fourth-order valence-electron chi connectivity index (χ4n) is 2.33. The smallest absolute Gasteiger partial charge is 0.263 e. The van der Waals surface area contributed by atoms with E-state index < -0.39 is 6.10 Å². The van der Waals surface area contributed by atoms with E-state index in [0.717, 1.165) is 22.4 Å². The molecule has 0 spiro atoms. The summed E-state index contributed by atoms with van der Waals surface area (Å²) in [7, 11) is 1.78. The molecule has 1 atom stereocenters. The quantitative estimate of drug-likeness (QED) is 0.813. The summed E-state index contributed by atoms with van der Waals surface area (Å²) in [4.78, 5) is 14.2. The molecular formula is C19H22ClNO2. The number of nitrogens with zero attached hydrogens (tertiary/aromatic N) is 1. The summed E-state index contributed by atoms with van der Waals surface area (Å²) in [5.74, 6) is 0.701. The Balaban J connectivity index is 2.00. The van der Waals surface area contributed by atoms with E-state index >= 15 is 0 Å². The molecule has 4 heteroatoms. The molecule has 0 aliphatic rings. The van der Waals surface area contributed by atoms with Crippen molar-refractivity contribution in [3.05, 3.63) is 64.2 Å². The highest BCUT2D eigenvalue weighted by molar-refractivity contribution is 6.30. The van der Waals surface area contributed by atoms with Crippen LogP contribution in [0.25, 0.3) is 0 Å². The SMILES string of the molecule is Cc1ccc(C)c(O[C@@H](C)C(=O)N(C)Cc2ccc(Cl)cc2)c1. The van der Waals surface area contributed by atoms with E-state index in [9.17, 15) is 4.79 Å². The summed E-state index contributed by atoms with van der Waals surface area (Å²) in [6.07, 6.45) is -0.534. The third-order valence-electron chi connectivity index (χ3n) is 3.70. The largest absolute Gasteiger partial charge is 0.481 e. The first-order valence-electron chi connectivity index (χ1n) is 7.60. The Morgan fingerprint density at radius 3 is 2.48 bits per heavy atom. The summed E-state index contributed by atoms with van der Waals surface area (Å²) < 4.78 is 5.85. The maximum atomic E-state index is 12.5. The van der Waals surface area contributed by atoms with Gasteiger partial charge in [-0.05, 0) is 55.7 Å². The minimum absolute atomic E-state index is 0.0548. The third kappa shape index (κ3) is 4.73. The Bertz CT molecular complexity index is 682. The van der Waals surface area contributed by atoms with Crippen molar-refractivity contribution in [2.24, 2.45) is 0 Å². The molecule has 2 rings (SSSR count). The third-order valence-corrected chi connectivity index (χ3v) is 3.96. The number of hydrogen-bond acceptors (Lipinski definition) is 2. The maximum absolute atomic E-state index is 12.5. The minimum Gasteiger partial charge on any atom is -0.481 e. The van der Waals surface area contributed by atoms with Crippen LogP contribution in [0.15, 0.2) is 42.5 Å². The van der Waals surface area contributed by atoms with Crippen molar-refractivity contribution in [2.45, 2.75) is 33.4 Å². The zero-order chi connectivity index (χ0) is 17.0. The van der Waals surface area contributed by atoms with Crippen molar-refractivity contribution in [2.75, 3.05) is 7.05 Å². The number of aryl methyl sites for hydroxylation is 2. The Kier molecular flexibility index (Phi) is 5.67. The molecular weight excluding hydrogens is 310 g/mol. The molecule has 122 valence electrons. The molecule has 0 heterocycles. The molecule has 0 fully saturated rings. The van der Waals surface area contributed by atoms with Gasteiger partial charge in [-0.1, -0.05) is 35.9 Å². The van der Waals surface area contributed by atoms with Gasteiger partial charge in [0.25, 0.3) is 5.91 Å². The van der Waals surface area contributed by atoms with Gasteiger partial charge in [-0.2, -0.15) is 0 Å². The fourth-order valence-corrected chi connectivity index (χ4v) is 2.45. The average molecular weight is 332 g/mol. The molecule has 0 saturated heterocycles. The summed E-state index contributed by atoms with van der Waals surface area (Å²) in [5, 5.41) is 0.689. The second-order valence-corrected chi connectivity index (χ2v) is 6.29. The highest BCUT2D eigenvalue weighted by Crippen LogP contribution is 2.21. The van der Waals surface area contributed by atoms with Crippen LogP contribution in [0.2, 0.25) is 5.02 Å². The van der Waals surface area contributed by atoms with Crippen LogP contribution >= 0.6 is 11.6 Å². The molecule has 0 aliphatic heterocycles. The summed E-state index contributed by atoms with van der Waals surface area (Å²) in [5.41, 5.74) is 3.17. The van der Waals surface area contributed by atoms with Crippen molar-refractivity contribution < 1.29 is 9.53 Å². The van der Waals surface area contributed by atoms with E-state index in [2.05, 4.69) is 0 Å². The lowest BCUT2D eigenvalue weighted by atomic mass is 10.1. The molecule has 0 saturated carbocycles. The van der Waals surface area contributed by atoms with Crippen LogP contribution in [0.4, 0.5) is 0 Å². The number of amides is 1. The fraction of sp³-hybridized carbons (Fsp3) is 0.316.